The maximum absolute atomic E-state index is 12.1. The molecule has 0 spiro atoms. The third-order valence-electron chi connectivity index (χ3n) is 3.22. The van der Waals surface area contributed by atoms with Crippen molar-refractivity contribution >= 4 is 24.0 Å². The Labute approximate surface area is 120 Å². The molecule has 1 heterocycles. The van der Waals surface area contributed by atoms with Gasteiger partial charge in [0.05, 0.1) is 6.61 Å². The van der Waals surface area contributed by atoms with Gasteiger partial charge < -0.3 is 15.4 Å². The van der Waals surface area contributed by atoms with Gasteiger partial charge in [0.25, 0.3) is 0 Å². The zero-order valence-corrected chi connectivity index (χ0v) is 12.0. The maximum Gasteiger partial charge on any atom is 0.227 e. The van der Waals surface area contributed by atoms with Crippen molar-refractivity contribution in [1.29, 1.82) is 0 Å². The Kier molecular flexibility index (Phi) is 6.84. The number of hydrogen-bond donors (Lipinski definition) is 2. The lowest BCUT2D eigenvalue weighted by molar-refractivity contribution is -0.120. The summed E-state index contributed by atoms with van der Waals surface area (Å²) in [6, 6.07) is 7.80. The Bertz CT molecular complexity index is 406. The lowest BCUT2D eigenvalue weighted by Crippen LogP contribution is -2.34. The highest BCUT2D eigenvalue weighted by atomic mass is 35.5. The van der Waals surface area contributed by atoms with Crippen LogP contribution in [-0.4, -0.2) is 26.1 Å². The van der Waals surface area contributed by atoms with E-state index < -0.39 is 0 Å². The lowest BCUT2D eigenvalue weighted by Gasteiger charge is -2.21. The summed E-state index contributed by atoms with van der Waals surface area (Å²) in [7, 11) is 1.67. The molecule has 0 aromatic heterocycles. The third kappa shape index (κ3) is 4.82. The Hall–Kier alpha value is -1.10. The number of amides is 1. The molecular weight excluding hydrogens is 264 g/mol. The Morgan fingerprint density at radius 3 is 2.84 bits per heavy atom. The van der Waals surface area contributed by atoms with Crippen LogP contribution in [0.15, 0.2) is 24.3 Å². The molecule has 1 aliphatic heterocycles. The van der Waals surface area contributed by atoms with E-state index in [-0.39, 0.29) is 24.2 Å². The van der Waals surface area contributed by atoms with Gasteiger partial charge in [-0.3, -0.25) is 4.79 Å². The monoisotopic (exact) mass is 284 g/mol. The number of halogens is 1. The molecule has 106 valence electrons. The molecule has 0 unspecified atom stereocenters. The number of nitrogens with one attached hydrogen (secondary N) is 2. The second-order valence-corrected chi connectivity index (χ2v) is 4.65. The van der Waals surface area contributed by atoms with E-state index in [4.69, 9.17) is 4.74 Å². The second kappa shape index (κ2) is 8.15. The fourth-order valence-electron chi connectivity index (χ4n) is 2.23. The Morgan fingerprint density at radius 2 is 2.16 bits per heavy atom. The minimum atomic E-state index is 0. The number of ether oxygens (including phenoxy) is 1. The van der Waals surface area contributed by atoms with Crippen LogP contribution in [0.3, 0.4) is 0 Å². The Morgan fingerprint density at radius 1 is 1.42 bits per heavy atom. The first-order valence-electron chi connectivity index (χ1n) is 6.39. The quantitative estimate of drug-likeness (QED) is 0.891. The first kappa shape index (κ1) is 16.0. The van der Waals surface area contributed by atoms with E-state index in [9.17, 15) is 4.79 Å². The highest BCUT2D eigenvalue weighted by molar-refractivity contribution is 5.92. The molecule has 0 bridgehead atoms. The van der Waals surface area contributed by atoms with Crippen molar-refractivity contribution in [3.63, 3.8) is 0 Å². The lowest BCUT2D eigenvalue weighted by atomic mass is 9.97. The SMILES string of the molecule is COCc1cccc(NC(=O)C2CCNCC2)c1.Cl. The summed E-state index contributed by atoms with van der Waals surface area (Å²) in [5, 5.41) is 6.25. The van der Waals surface area contributed by atoms with E-state index >= 15 is 0 Å². The van der Waals surface area contributed by atoms with E-state index in [2.05, 4.69) is 10.6 Å². The first-order chi connectivity index (χ1) is 8.79. The predicted molar refractivity (Wildman–Crippen MR) is 78.6 cm³/mol. The standard InChI is InChI=1S/C14H20N2O2.ClH/c1-18-10-11-3-2-4-13(9-11)16-14(17)12-5-7-15-8-6-12;/h2-4,9,12,15H,5-8,10H2,1H3,(H,16,17);1H. The van der Waals surface area contributed by atoms with Gasteiger partial charge in [0.2, 0.25) is 5.91 Å². The van der Waals surface area contributed by atoms with Crippen LogP contribution < -0.4 is 10.6 Å². The van der Waals surface area contributed by atoms with Gasteiger partial charge in [-0.1, -0.05) is 12.1 Å². The summed E-state index contributed by atoms with van der Waals surface area (Å²) in [5.41, 5.74) is 1.92. The van der Waals surface area contributed by atoms with Gasteiger partial charge in [-0.2, -0.15) is 0 Å². The molecule has 4 nitrogen and oxygen atoms in total. The molecule has 0 atom stereocenters. The van der Waals surface area contributed by atoms with Crippen LogP contribution in [0.5, 0.6) is 0 Å². The van der Waals surface area contributed by atoms with E-state index in [1.807, 2.05) is 24.3 Å². The second-order valence-electron chi connectivity index (χ2n) is 4.65. The van der Waals surface area contributed by atoms with Gasteiger partial charge >= 0.3 is 0 Å². The molecular formula is C14H21ClN2O2. The van der Waals surface area contributed by atoms with Crippen LogP contribution in [0.2, 0.25) is 0 Å². The molecule has 0 saturated carbocycles. The molecule has 5 heteroatoms. The maximum atomic E-state index is 12.1. The van der Waals surface area contributed by atoms with Crippen molar-refractivity contribution in [2.45, 2.75) is 19.4 Å². The van der Waals surface area contributed by atoms with Crippen LogP contribution in [0, 0.1) is 5.92 Å². The fraction of sp³-hybridized carbons (Fsp3) is 0.500. The number of carbonyl (C=O) groups excluding carboxylic acids is 1. The number of methoxy groups -OCH3 is 1. The van der Waals surface area contributed by atoms with Crippen LogP contribution >= 0.6 is 12.4 Å². The van der Waals surface area contributed by atoms with Crippen molar-refractivity contribution in [3.05, 3.63) is 29.8 Å². The van der Waals surface area contributed by atoms with Gasteiger partial charge in [-0.15, -0.1) is 12.4 Å². The van der Waals surface area contributed by atoms with Crippen LogP contribution in [0.1, 0.15) is 18.4 Å². The summed E-state index contributed by atoms with van der Waals surface area (Å²) in [5.74, 6) is 0.267. The smallest absolute Gasteiger partial charge is 0.227 e. The summed E-state index contributed by atoms with van der Waals surface area (Å²) in [6.45, 7) is 2.43. The molecule has 1 aromatic carbocycles. The van der Waals surface area contributed by atoms with Crippen molar-refractivity contribution in [2.75, 3.05) is 25.5 Å². The van der Waals surface area contributed by atoms with Gasteiger partial charge in [0.15, 0.2) is 0 Å². The van der Waals surface area contributed by atoms with E-state index in [1.165, 1.54) is 0 Å². The fourth-order valence-corrected chi connectivity index (χ4v) is 2.23. The zero-order valence-electron chi connectivity index (χ0n) is 11.1. The van der Waals surface area contributed by atoms with Crippen molar-refractivity contribution in [1.82, 2.24) is 5.32 Å². The average molecular weight is 285 g/mol. The molecule has 0 radical (unpaired) electrons. The normalized spacial score (nSPS) is 15.6. The molecule has 0 aliphatic carbocycles. The summed E-state index contributed by atoms with van der Waals surface area (Å²) in [4.78, 5) is 12.1. The summed E-state index contributed by atoms with van der Waals surface area (Å²) < 4.78 is 5.08. The van der Waals surface area contributed by atoms with Crippen molar-refractivity contribution < 1.29 is 9.53 Å². The number of rotatable bonds is 4. The summed E-state index contributed by atoms with van der Waals surface area (Å²) >= 11 is 0. The van der Waals surface area contributed by atoms with Crippen LogP contribution in [-0.2, 0) is 16.1 Å². The van der Waals surface area contributed by atoms with Gasteiger partial charge in [0.1, 0.15) is 0 Å². The van der Waals surface area contributed by atoms with E-state index in [1.54, 1.807) is 7.11 Å². The minimum absolute atomic E-state index is 0. The molecule has 1 aromatic rings. The first-order valence-corrected chi connectivity index (χ1v) is 6.39. The largest absolute Gasteiger partial charge is 0.380 e. The van der Waals surface area contributed by atoms with Gasteiger partial charge in [-0.05, 0) is 43.6 Å². The van der Waals surface area contributed by atoms with E-state index in [0.717, 1.165) is 37.2 Å². The number of anilines is 1. The van der Waals surface area contributed by atoms with Crippen LogP contribution in [0.4, 0.5) is 5.69 Å². The average Bonchev–Trinajstić information content (AvgIpc) is 2.40. The highest BCUT2D eigenvalue weighted by Gasteiger charge is 2.20. The summed E-state index contributed by atoms with van der Waals surface area (Å²) in [6.07, 6.45) is 1.84. The zero-order chi connectivity index (χ0) is 12.8. The van der Waals surface area contributed by atoms with Gasteiger partial charge in [-0.25, -0.2) is 0 Å². The molecule has 1 saturated heterocycles. The molecule has 1 aliphatic rings. The molecule has 1 fully saturated rings. The number of benzene rings is 1. The topological polar surface area (TPSA) is 50.4 Å². The molecule has 19 heavy (non-hydrogen) atoms. The molecule has 2 N–H and O–H groups in total. The number of piperidine rings is 1. The van der Waals surface area contributed by atoms with Crippen LogP contribution in [0.25, 0.3) is 0 Å². The highest BCUT2D eigenvalue weighted by Crippen LogP contribution is 2.16. The van der Waals surface area contributed by atoms with Crippen molar-refractivity contribution in [2.24, 2.45) is 5.92 Å². The number of hydrogen-bond acceptors (Lipinski definition) is 3. The minimum Gasteiger partial charge on any atom is -0.380 e. The predicted octanol–water partition coefficient (Wildman–Crippen LogP) is 2.19. The Balaban J connectivity index is 0.00000180. The third-order valence-corrected chi connectivity index (χ3v) is 3.22. The number of carbonyl (C=O) groups is 1. The van der Waals surface area contributed by atoms with Gasteiger partial charge in [0, 0.05) is 18.7 Å². The van der Waals surface area contributed by atoms with E-state index in [0.29, 0.717) is 6.61 Å². The molecule has 1 amide bonds. The van der Waals surface area contributed by atoms with Crippen molar-refractivity contribution in [3.8, 4) is 0 Å². The molecule has 2 rings (SSSR count).